The number of carbonyl (C=O) groups is 1. The van der Waals surface area contributed by atoms with Crippen LogP contribution in [0.25, 0.3) is 0 Å². The molecule has 0 spiro atoms. The van der Waals surface area contributed by atoms with Crippen molar-refractivity contribution in [1.82, 2.24) is 5.32 Å². The summed E-state index contributed by atoms with van der Waals surface area (Å²) >= 11 is 3.31. The zero-order chi connectivity index (χ0) is 13.7. The molecule has 1 rings (SSSR count). The standard InChI is InChI=1S/C13H16BrN3O/c1-8(2)16-13(18)9(3)17-12-6-4-5-11(14)10(12)7-15/h4-6,8-9,17H,1-3H3,(H,16,18). The third-order valence-electron chi connectivity index (χ3n) is 2.32. The molecule has 2 N–H and O–H groups in total. The summed E-state index contributed by atoms with van der Waals surface area (Å²) in [5.41, 5.74) is 1.15. The SMILES string of the molecule is CC(C)NC(=O)C(C)Nc1cccc(Br)c1C#N. The van der Waals surface area contributed by atoms with Gasteiger partial charge < -0.3 is 10.6 Å². The van der Waals surface area contributed by atoms with Crippen LogP contribution in [0, 0.1) is 11.3 Å². The van der Waals surface area contributed by atoms with Crippen molar-refractivity contribution < 1.29 is 4.79 Å². The molecule has 1 atom stereocenters. The molecule has 0 saturated carbocycles. The van der Waals surface area contributed by atoms with Gasteiger partial charge in [-0.3, -0.25) is 4.79 Å². The Morgan fingerprint density at radius 3 is 2.61 bits per heavy atom. The Bertz CT molecular complexity index is 480. The number of nitriles is 1. The van der Waals surface area contributed by atoms with E-state index in [0.717, 1.165) is 0 Å². The van der Waals surface area contributed by atoms with E-state index in [0.29, 0.717) is 15.7 Å². The molecule has 0 radical (unpaired) electrons. The van der Waals surface area contributed by atoms with E-state index in [-0.39, 0.29) is 11.9 Å². The van der Waals surface area contributed by atoms with Gasteiger partial charge in [0.25, 0.3) is 0 Å². The van der Waals surface area contributed by atoms with Gasteiger partial charge >= 0.3 is 0 Å². The molecular weight excluding hydrogens is 294 g/mol. The zero-order valence-electron chi connectivity index (χ0n) is 10.6. The summed E-state index contributed by atoms with van der Waals surface area (Å²) in [6.45, 7) is 5.58. The summed E-state index contributed by atoms with van der Waals surface area (Å²) in [5.74, 6) is -0.0890. The molecule has 1 aromatic rings. The molecule has 0 bridgehead atoms. The van der Waals surface area contributed by atoms with Crippen LogP contribution in [-0.4, -0.2) is 18.0 Å². The maximum Gasteiger partial charge on any atom is 0.242 e. The first-order chi connectivity index (χ1) is 8.45. The summed E-state index contributed by atoms with van der Waals surface area (Å²) in [6, 6.07) is 7.20. The second-order valence-corrected chi connectivity index (χ2v) is 5.16. The van der Waals surface area contributed by atoms with Crippen LogP contribution in [0.1, 0.15) is 26.3 Å². The van der Waals surface area contributed by atoms with Crippen molar-refractivity contribution in [3.8, 4) is 6.07 Å². The zero-order valence-corrected chi connectivity index (χ0v) is 12.2. The molecule has 0 aliphatic rings. The first-order valence-corrected chi connectivity index (χ1v) is 6.50. The number of benzene rings is 1. The average molecular weight is 310 g/mol. The lowest BCUT2D eigenvalue weighted by Gasteiger charge is -2.18. The van der Waals surface area contributed by atoms with Crippen molar-refractivity contribution in [3.05, 3.63) is 28.2 Å². The van der Waals surface area contributed by atoms with Crippen molar-refractivity contribution in [1.29, 1.82) is 5.26 Å². The molecule has 1 unspecified atom stereocenters. The molecule has 96 valence electrons. The third kappa shape index (κ3) is 3.74. The maximum absolute atomic E-state index is 11.8. The van der Waals surface area contributed by atoms with Crippen LogP contribution in [0.5, 0.6) is 0 Å². The molecule has 0 heterocycles. The van der Waals surface area contributed by atoms with Gasteiger partial charge in [0.1, 0.15) is 12.1 Å². The lowest BCUT2D eigenvalue weighted by atomic mass is 10.1. The second-order valence-electron chi connectivity index (χ2n) is 4.30. The Labute approximate surface area is 116 Å². The van der Waals surface area contributed by atoms with Crippen LogP contribution in [0.2, 0.25) is 0 Å². The molecule has 18 heavy (non-hydrogen) atoms. The Morgan fingerprint density at radius 1 is 1.39 bits per heavy atom. The van der Waals surface area contributed by atoms with E-state index in [1.165, 1.54) is 0 Å². The summed E-state index contributed by atoms with van der Waals surface area (Å²) in [4.78, 5) is 11.8. The minimum absolute atomic E-state index is 0.0890. The molecule has 0 fully saturated rings. The fraction of sp³-hybridized carbons (Fsp3) is 0.385. The molecule has 5 heteroatoms. The van der Waals surface area contributed by atoms with E-state index < -0.39 is 6.04 Å². The number of anilines is 1. The fourth-order valence-electron chi connectivity index (χ4n) is 1.47. The summed E-state index contributed by atoms with van der Waals surface area (Å²) in [5, 5.41) is 14.9. The molecule has 0 aliphatic carbocycles. The van der Waals surface area contributed by atoms with Gasteiger partial charge in [-0.05, 0) is 48.8 Å². The Morgan fingerprint density at radius 2 is 2.06 bits per heavy atom. The van der Waals surface area contributed by atoms with Gasteiger partial charge in [-0.25, -0.2) is 0 Å². The van der Waals surface area contributed by atoms with Gasteiger partial charge in [0.15, 0.2) is 0 Å². The van der Waals surface area contributed by atoms with Crippen LogP contribution in [0.4, 0.5) is 5.69 Å². The number of nitrogens with one attached hydrogen (secondary N) is 2. The number of nitrogens with zero attached hydrogens (tertiary/aromatic N) is 1. The Balaban J connectivity index is 2.83. The van der Waals surface area contributed by atoms with E-state index in [1.54, 1.807) is 19.1 Å². The molecule has 1 aromatic carbocycles. The van der Waals surface area contributed by atoms with Crippen molar-refractivity contribution in [2.24, 2.45) is 0 Å². The van der Waals surface area contributed by atoms with Crippen LogP contribution in [-0.2, 0) is 4.79 Å². The van der Waals surface area contributed by atoms with Gasteiger partial charge in [-0.1, -0.05) is 6.07 Å². The Kier molecular flexibility index (Phi) is 5.17. The Hall–Kier alpha value is -1.54. The first kappa shape index (κ1) is 14.5. The fourth-order valence-corrected chi connectivity index (χ4v) is 1.92. The maximum atomic E-state index is 11.8. The van der Waals surface area contributed by atoms with Gasteiger partial charge in [-0.15, -0.1) is 0 Å². The number of amides is 1. The van der Waals surface area contributed by atoms with Crippen molar-refractivity contribution >= 4 is 27.5 Å². The predicted molar refractivity (Wildman–Crippen MR) is 75.2 cm³/mol. The number of hydrogen-bond acceptors (Lipinski definition) is 3. The van der Waals surface area contributed by atoms with E-state index in [9.17, 15) is 4.79 Å². The van der Waals surface area contributed by atoms with Crippen molar-refractivity contribution in [3.63, 3.8) is 0 Å². The number of hydrogen-bond donors (Lipinski definition) is 2. The molecule has 1 amide bonds. The van der Waals surface area contributed by atoms with Crippen molar-refractivity contribution in [2.45, 2.75) is 32.9 Å². The quantitative estimate of drug-likeness (QED) is 0.898. The first-order valence-electron chi connectivity index (χ1n) is 5.71. The highest BCUT2D eigenvalue weighted by molar-refractivity contribution is 9.10. The largest absolute Gasteiger partial charge is 0.373 e. The van der Waals surface area contributed by atoms with Gasteiger partial charge in [0.2, 0.25) is 5.91 Å². The van der Waals surface area contributed by atoms with E-state index >= 15 is 0 Å². The van der Waals surface area contributed by atoms with Crippen LogP contribution < -0.4 is 10.6 Å². The summed E-state index contributed by atoms with van der Waals surface area (Å²) in [7, 11) is 0. The summed E-state index contributed by atoms with van der Waals surface area (Å²) < 4.78 is 0.714. The minimum atomic E-state index is -0.395. The summed E-state index contributed by atoms with van der Waals surface area (Å²) in [6.07, 6.45) is 0. The lowest BCUT2D eigenvalue weighted by molar-refractivity contribution is -0.122. The topological polar surface area (TPSA) is 64.9 Å². The van der Waals surface area contributed by atoms with Gasteiger partial charge in [0, 0.05) is 10.5 Å². The van der Waals surface area contributed by atoms with Gasteiger partial charge in [-0.2, -0.15) is 5.26 Å². The number of carbonyl (C=O) groups excluding carboxylic acids is 1. The third-order valence-corrected chi connectivity index (χ3v) is 2.98. The van der Waals surface area contributed by atoms with E-state index in [4.69, 9.17) is 5.26 Å². The predicted octanol–water partition coefficient (Wildman–Crippen LogP) is 2.65. The molecule has 0 saturated heterocycles. The monoisotopic (exact) mass is 309 g/mol. The smallest absolute Gasteiger partial charge is 0.242 e. The highest BCUT2D eigenvalue weighted by Crippen LogP contribution is 2.24. The molecular formula is C13H16BrN3O. The lowest BCUT2D eigenvalue weighted by Crippen LogP contribution is -2.41. The van der Waals surface area contributed by atoms with Crippen LogP contribution in [0.3, 0.4) is 0 Å². The van der Waals surface area contributed by atoms with Crippen LogP contribution in [0.15, 0.2) is 22.7 Å². The van der Waals surface area contributed by atoms with Gasteiger partial charge in [0.05, 0.1) is 11.3 Å². The van der Waals surface area contributed by atoms with Crippen LogP contribution >= 0.6 is 15.9 Å². The minimum Gasteiger partial charge on any atom is -0.373 e. The molecule has 0 aliphatic heterocycles. The normalized spacial score (nSPS) is 11.8. The highest BCUT2D eigenvalue weighted by atomic mass is 79.9. The molecule has 4 nitrogen and oxygen atoms in total. The van der Waals surface area contributed by atoms with Crippen molar-refractivity contribution in [2.75, 3.05) is 5.32 Å². The van der Waals surface area contributed by atoms with E-state index in [1.807, 2.05) is 19.9 Å². The highest BCUT2D eigenvalue weighted by Gasteiger charge is 2.15. The molecule has 0 aromatic heterocycles. The average Bonchev–Trinajstić information content (AvgIpc) is 2.28. The number of halogens is 1. The van der Waals surface area contributed by atoms with E-state index in [2.05, 4.69) is 32.6 Å². The second kappa shape index (κ2) is 6.41. The number of rotatable bonds is 4.